The van der Waals surface area contributed by atoms with Gasteiger partial charge in [-0.1, -0.05) is 12.1 Å². The molecule has 0 spiro atoms. The maximum Gasteiger partial charge on any atom is 0.410 e. The molecule has 0 atom stereocenters. The van der Waals surface area contributed by atoms with Crippen LogP contribution < -0.4 is 4.74 Å². The van der Waals surface area contributed by atoms with Gasteiger partial charge in [-0.2, -0.15) is 0 Å². The van der Waals surface area contributed by atoms with Gasteiger partial charge in [-0.15, -0.1) is 0 Å². The lowest BCUT2D eigenvalue weighted by Gasteiger charge is -2.33. The van der Waals surface area contributed by atoms with Gasteiger partial charge in [0.1, 0.15) is 18.0 Å². The van der Waals surface area contributed by atoms with Crippen molar-refractivity contribution < 1.29 is 23.5 Å². The highest BCUT2D eigenvalue weighted by molar-refractivity contribution is 5.93. The number of halogens is 1. The van der Waals surface area contributed by atoms with Gasteiger partial charge in [0.25, 0.3) is 5.91 Å². The molecule has 0 bridgehead atoms. The molecule has 2 amide bonds. The van der Waals surface area contributed by atoms with Crippen molar-refractivity contribution in [1.82, 2.24) is 14.8 Å². The number of piperidine rings is 1. The first-order chi connectivity index (χ1) is 15.5. The molecule has 1 aliphatic heterocycles. The Morgan fingerprint density at radius 2 is 1.85 bits per heavy atom. The summed E-state index contributed by atoms with van der Waals surface area (Å²) in [6.07, 6.45) is 1.28. The predicted molar refractivity (Wildman–Crippen MR) is 123 cm³/mol. The van der Waals surface area contributed by atoms with Crippen molar-refractivity contribution in [3.05, 3.63) is 59.0 Å². The fourth-order valence-electron chi connectivity index (χ4n) is 3.63. The minimum Gasteiger partial charge on any atom is -0.473 e. The number of rotatable bonds is 5. The van der Waals surface area contributed by atoms with E-state index in [1.807, 2.05) is 32.9 Å². The molecule has 1 saturated heterocycles. The lowest BCUT2D eigenvalue weighted by atomic mass is 9.93. The Morgan fingerprint density at radius 3 is 2.45 bits per heavy atom. The molecule has 1 aromatic heterocycles. The molecule has 2 heterocycles. The lowest BCUT2D eigenvalue weighted by Crippen LogP contribution is -2.41. The van der Waals surface area contributed by atoms with Crippen molar-refractivity contribution in [2.45, 2.75) is 51.7 Å². The molecular formula is C25H32FN3O4. The van der Waals surface area contributed by atoms with Crippen LogP contribution in [0.3, 0.4) is 0 Å². The van der Waals surface area contributed by atoms with Gasteiger partial charge >= 0.3 is 6.09 Å². The van der Waals surface area contributed by atoms with Crippen LogP contribution in [0.2, 0.25) is 0 Å². The highest BCUT2D eigenvalue weighted by Crippen LogP contribution is 2.29. The standard InChI is InChI=1S/C25H32FN3O4/c1-25(2,3)33-24(31)29-13-11-17(12-14-29)21-7-6-8-22(27-21)32-16-19-10-9-18(15-20(19)26)23(30)28(4)5/h6-10,15,17H,11-14,16H2,1-5H3. The number of hydrogen-bond donors (Lipinski definition) is 0. The molecule has 1 aliphatic rings. The third-order valence-electron chi connectivity index (χ3n) is 5.39. The van der Waals surface area contributed by atoms with Crippen LogP contribution in [0, 0.1) is 5.82 Å². The van der Waals surface area contributed by atoms with Crippen molar-refractivity contribution in [2.75, 3.05) is 27.2 Å². The minimum atomic E-state index is -0.511. The predicted octanol–water partition coefficient (Wildman–Crippen LogP) is 4.62. The molecule has 3 rings (SSSR count). The molecule has 2 aromatic rings. The van der Waals surface area contributed by atoms with Crippen LogP contribution in [-0.2, 0) is 11.3 Å². The summed E-state index contributed by atoms with van der Waals surface area (Å²) >= 11 is 0. The third-order valence-corrected chi connectivity index (χ3v) is 5.39. The molecular weight excluding hydrogens is 425 g/mol. The number of pyridine rings is 1. The van der Waals surface area contributed by atoms with Crippen LogP contribution in [0.5, 0.6) is 5.88 Å². The number of benzene rings is 1. The number of ether oxygens (including phenoxy) is 2. The van der Waals surface area contributed by atoms with Gasteiger partial charge in [0.15, 0.2) is 0 Å². The summed E-state index contributed by atoms with van der Waals surface area (Å²) in [5.41, 5.74) is 1.02. The average molecular weight is 458 g/mol. The van der Waals surface area contributed by atoms with Gasteiger partial charge < -0.3 is 19.3 Å². The smallest absolute Gasteiger partial charge is 0.410 e. The first-order valence-corrected chi connectivity index (χ1v) is 11.1. The van der Waals surface area contributed by atoms with Crippen molar-refractivity contribution >= 4 is 12.0 Å². The first kappa shape index (κ1) is 24.5. The van der Waals surface area contributed by atoms with E-state index in [0.29, 0.717) is 30.1 Å². The van der Waals surface area contributed by atoms with E-state index >= 15 is 0 Å². The zero-order valence-electron chi connectivity index (χ0n) is 19.9. The Bertz CT molecular complexity index is 995. The van der Waals surface area contributed by atoms with Crippen LogP contribution in [0.15, 0.2) is 36.4 Å². The van der Waals surface area contributed by atoms with Gasteiger partial charge in [0.05, 0.1) is 0 Å². The quantitative estimate of drug-likeness (QED) is 0.655. The van der Waals surface area contributed by atoms with Crippen molar-refractivity contribution in [2.24, 2.45) is 0 Å². The number of carbonyl (C=O) groups is 2. The molecule has 0 N–H and O–H groups in total. The van der Waals surface area contributed by atoms with E-state index < -0.39 is 11.4 Å². The summed E-state index contributed by atoms with van der Waals surface area (Å²) in [5, 5.41) is 0. The number of likely N-dealkylation sites (tertiary alicyclic amines) is 1. The normalized spacial score (nSPS) is 14.7. The molecule has 8 heteroatoms. The maximum absolute atomic E-state index is 14.4. The second-order valence-corrected chi connectivity index (χ2v) is 9.44. The van der Waals surface area contributed by atoms with Gasteiger partial charge in [-0.25, -0.2) is 14.2 Å². The zero-order valence-corrected chi connectivity index (χ0v) is 19.9. The van der Waals surface area contributed by atoms with Gasteiger partial charge in [-0.05, 0) is 51.8 Å². The molecule has 0 aliphatic carbocycles. The van der Waals surface area contributed by atoms with Crippen molar-refractivity contribution in [3.8, 4) is 5.88 Å². The van der Waals surface area contributed by atoms with Gasteiger partial charge in [0, 0.05) is 56.0 Å². The highest BCUT2D eigenvalue weighted by Gasteiger charge is 2.28. The molecule has 33 heavy (non-hydrogen) atoms. The Hall–Kier alpha value is -3.16. The highest BCUT2D eigenvalue weighted by atomic mass is 19.1. The molecule has 7 nitrogen and oxygen atoms in total. The summed E-state index contributed by atoms with van der Waals surface area (Å²) < 4.78 is 25.6. The summed E-state index contributed by atoms with van der Waals surface area (Å²) in [6.45, 7) is 6.80. The second kappa shape index (κ2) is 10.2. The van der Waals surface area contributed by atoms with E-state index in [4.69, 9.17) is 9.47 Å². The zero-order chi connectivity index (χ0) is 24.2. The van der Waals surface area contributed by atoms with E-state index in [-0.39, 0.29) is 24.5 Å². The number of amides is 2. The number of nitrogens with zero attached hydrogens (tertiary/aromatic N) is 3. The lowest BCUT2D eigenvalue weighted by molar-refractivity contribution is 0.0203. The topological polar surface area (TPSA) is 72.0 Å². The minimum absolute atomic E-state index is 0.00973. The monoisotopic (exact) mass is 457 g/mol. The van der Waals surface area contributed by atoms with Crippen LogP contribution in [0.4, 0.5) is 9.18 Å². The molecule has 178 valence electrons. The van der Waals surface area contributed by atoms with Crippen LogP contribution in [0.25, 0.3) is 0 Å². The van der Waals surface area contributed by atoms with Crippen LogP contribution in [-0.4, -0.2) is 59.6 Å². The molecule has 1 aromatic carbocycles. The van der Waals surface area contributed by atoms with Crippen LogP contribution in [0.1, 0.15) is 61.1 Å². The van der Waals surface area contributed by atoms with E-state index in [1.54, 1.807) is 37.2 Å². The molecule has 0 radical (unpaired) electrons. The summed E-state index contributed by atoms with van der Waals surface area (Å²) in [7, 11) is 3.24. The summed E-state index contributed by atoms with van der Waals surface area (Å²) in [4.78, 5) is 32.0. The van der Waals surface area contributed by atoms with Gasteiger partial charge in [0.2, 0.25) is 5.88 Å². The SMILES string of the molecule is CN(C)C(=O)c1ccc(COc2cccc(C3CCN(C(=O)OC(C)(C)C)CC3)n2)c(F)c1. The Balaban J connectivity index is 1.58. The van der Waals surface area contributed by atoms with E-state index in [0.717, 1.165) is 18.5 Å². The average Bonchev–Trinajstić information content (AvgIpc) is 2.77. The number of carbonyl (C=O) groups excluding carboxylic acids is 2. The third kappa shape index (κ3) is 6.66. The Kier molecular flexibility index (Phi) is 7.56. The largest absolute Gasteiger partial charge is 0.473 e. The molecule has 1 fully saturated rings. The Labute approximate surface area is 194 Å². The van der Waals surface area contributed by atoms with Crippen molar-refractivity contribution in [3.63, 3.8) is 0 Å². The number of hydrogen-bond acceptors (Lipinski definition) is 5. The van der Waals surface area contributed by atoms with Gasteiger partial charge in [-0.3, -0.25) is 4.79 Å². The maximum atomic E-state index is 14.4. The summed E-state index contributed by atoms with van der Waals surface area (Å²) in [5.74, 6) is -0.128. The Morgan fingerprint density at radius 1 is 1.15 bits per heavy atom. The van der Waals surface area contributed by atoms with Crippen LogP contribution >= 0.6 is 0 Å². The molecule has 0 saturated carbocycles. The van der Waals surface area contributed by atoms with E-state index in [2.05, 4.69) is 4.98 Å². The number of aromatic nitrogens is 1. The second-order valence-electron chi connectivity index (χ2n) is 9.44. The van der Waals surface area contributed by atoms with Crippen molar-refractivity contribution in [1.29, 1.82) is 0 Å². The fourth-order valence-corrected chi connectivity index (χ4v) is 3.63. The van der Waals surface area contributed by atoms with E-state index in [9.17, 15) is 14.0 Å². The van der Waals surface area contributed by atoms with E-state index in [1.165, 1.54) is 11.0 Å². The first-order valence-electron chi connectivity index (χ1n) is 11.1. The molecule has 0 unspecified atom stereocenters. The fraction of sp³-hybridized carbons (Fsp3) is 0.480. The summed E-state index contributed by atoms with van der Waals surface area (Å²) in [6, 6.07) is 9.93.